The van der Waals surface area contributed by atoms with Gasteiger partial charge < -0.3 is 9.84 Å². The standard InChI is InChI=1S/C14H5N3O10/c18-13-7-1-5(15(21)22)3-9(17(25)26)11(7)12-8(13)2-6(16(23)24)4-10(12)27-14(19)20/h1-4H,(H,19,20). The highest BCUT2D eigenvalue weighted by Crippen LogP contribution is 2.50. The lowest BCUT2D eigenvalue weighted by Gasteiger charge is -2.08. The van der Waals surface area contributed by atoms with Crippen LogP contribution in [0, 0.1) is 30.3 Å². The van der Waals surface area contributed by atoms with E-state index in [4.69, 9.17) is 5.11 Å². The largest absolute Gasteiger partial charge is 0.511 e. The molecule has 0 aromatic heterocycles. The first-order valence-corrected chi connectivity index (χ1v) is 6.87. The molecular weight excluding hydrogens is 370 g/mol. The van der Waals surface area contributed by atoms with Crippen molar-refractivity contribution in [2.45, 2.75) is 0 Å². The number of hydrogen-bond donors (Lipinski definition) is 1. The van der Waals surface area contributed by atoms with Gasteiger partial charge in [0.2, 0.25) is 0 Å². The van der Waals surface area contributed by atoms with Crippen LogP contribution < -0.4 is 4.74 Å². The summed E-state index contributed by atoms with van der Waals surface area (Å²) in [6.07, 6.45) is -1.87. The molecule has 1 aliphatic rings. The van der Waals surface area contributed by atoms with E-state index >= 15 is 0 Å². The van der Waals surface area contributed by atoms with E-state index in [-0.39, 0.29) is 5.56 Å². The molecule has 0 saturated heterocycles. The SMILES string of the molecule is O=C(O)Oc1cc([N+](=O)[O-])cc2c1-c1c(cc([N+](=O)[O-])cc1[N+](=O)[O-])C2=O. The van der Waals surface area contributed by atoms with Crippen LogP contribution in [0.25, 0.3) is 11.1 Å². The van der Waals surface area contributed by atoms with Gasteiger partial charge in [-0.05, 0) is 0 Å². The molecule has 0 aliphatic heterocycles. The van der Waals surface area contributed by atoms with Crippen molar-refractivity contribution in [1.82, 2.24) is 0 Å². The molecule has 0 amide bonds. The maximum absolute atomic E-state index is 12.6. The maximum Gasteiger partial charge on any atom is 0.511 e. The van der Waals surface area contributed by atoms with Gasteiger partial charge >= 0.3 is 6.16 Å². The molecule has 0 bridgehead atoms. The molecule has 1 aliphatic carbocycles. The number of hydrogen-bond acceptors (Lipinski definition) is 9. The molecule has 0 saturated carbocycles. The van der Waals surface area contributed by atoms with Crippen molar-refractivity contribution < 1.29 is 34.2 Å². The van der Waals surface area contributed by atoms with Gasteiger partial charge in [0.1, 0.15) is 5.75 Å². The minimum absolute atomic E-state index is 0.357. The highest BCUT2D eigenvalue weighted by Gasteiger charge is 2.40. The van der Waals surface area contributed by atoms with Gasteiger partial charge in [-0.25, -0.2) is 4.79 Å². The summed E-state index contributed by atoms with van der Waals surface area (Å²) in [5, 5.41) is 42.2. The van der Waals surface area contributed by atoms with Gasteiger partial charge in [-0.15, -0.1) is 0 Å². The monoisotopic (exact) mass is 375 g/mol. The van der Waals surface area contributed by atoms with E-state index in [0.29, 0.717) is 12.1 Å². The van der Waals surface area contributed by atoms with Crippen LogP contribution in [-0.4, -0.2) is 31.8 Å². The number of rotatable bonds is 4. The highest BCUT2D eigenvalue weighted by atomic mass is 16.7. The van der Waals surface area contributed by atoms with Crippen LogP contribution in [0.4, 0.5) is 21.9 Å². The second-order valence-electron chi connectivity index (χ2n) is 5.22. The van der Waals surface area contributed by atoms with Gasteiger partial charge in [-0.1, -0.05) is 0 Å². The second-order valence-corrected chi connectivity index (χ2v) is 5.22. The average Bonchev–Trinajstić information content (AvgIpc) is 2.86. The zero-order chi connectivity index (χ0) is 20.0. The van der Waals surface area contributed by atoms with Crippen LogP contribution in [0.5, 0.6) is 5.75 Å². The third-order valence-electron chi connectivity index (χ3n) is 3.74. The van der Waals surface area contributed by atoms with Crippen molar-refractivity contribution in [1.29, 1.82) is 0 Å². The Hall–Kier alpha value is -4.42. The highest BCUT2D eigenvalue weighted by molar-refractivity contribution is 6.24. The average molecular weight is 375 g/mol. The molecule has 1 N–H and O–H groups in total. The summed E-state index contributed by atoms with van der Waals surface area (Å²) in [4.78, 5) is 54.0. The van der Waals surface area contributed by atoms with Crippen molar-refractivity contribution in [2.24, 2.45) is 0 Å². The van der Waals surface area contributed by atoms with E-state index in [1.165, 1.54) is 0 Å². The topological polar surface area (TPSA) is 193 Å². The fourth-order valence-corrected chi connectivity index (χ4v) is 2.77. The minimum Gasteiger partial charge on any atom is -0.449 e. The Morgan fingerprint density at radius 1 is 0.852 bits per heavy atom. The van der Waals surface area contributed by atoms with E-state index in [1.807, 2.05) is 0 Å². The number of carbonyl (C=O) groups excluding carboxylic acids is 1. The van der Waals surface area contributed by atoms with Crippen LogP contribution in [0.2, 0.25) is 0 Å². The first kappa shape index (κ1) is 17.4. The number of carbonyl (C=O) groups is 2. The Kier molecular flexibility index (Phi) is 3.76. The van der Waals surface area contributed by atoms with Crippen LogP contribution in [-0.2, 0) is 0 Å². The number of ketones is 1. The van der Waals surface area contributed by atoms with Gasteiger partial charge in [0.25, 0.3) is 17.1 Å². The molecule has 0 fully saturated rings. The molecular formula is C14H5N3O10. The Morgan fingerprint density at radius 3 is 1.85 bits per heavy atom. The van der Waals surface area contributed by atoms with Crippen LogP contribution in [0.15, 0.2) is 24.3 Å². The maximum atomic E-state index is 12.6. The summed E-state index contributed by atoms with van der Waals surface area (Å²) < 4.78 is 4.47. The van der Waals surface area contributed by atoms with E-state index in [2.05, 4.69) is 4.74 Å². The Bertz CT molecular complexity index is 1090. The number of carboxylic acid groups (broad SMARTS) is 1. The Labute approximate surface area is 146 Å². The summed E-state index contributed by atoms with van der Waals surface area (Å²) >= 11 is 0. The molecule has 0 spiro atoms. The van der Waals surface area contributed by atoms with Crippen LogP contribution in [0.3, 0.4) is 0 Å². The van der Waals surface area contributed by atoms with Crippen molar-refractivity contribution >= 4 is 29.0 Å². The zero-order valence-electron chi connectivity index (χ0n) is 12.8. The Balaban J connectivity index is 2.43. The summed E-state index contributed by atoms with van der Waals surface area (Å²) in [6.45, 7) is 0. The first-order chi connectivity index (χ1) is 12.6. The molecule has 0 unspecified atom stereocenters. The lowest BCUT2D eigenvalue weighted by molar-refractivity contribution is -0.393. The number of nitro groups is 3. The molecule has 27 heavy (non-hydrogen) atoms. The number of fused-ring (bicyclic) bond motifs is 3. The number of nitrogens with zero attached hydrogens (tertiary/aromatic N) is 3. The van der Waals surface area contributed by atoms with Gasteiger partial charge in [0.15, 0.2) is 5.78 Å². The van der Waals surface area contributed by atoms with Gasteiger partial charge in [-0.3, -0.25) is 35.1 Å². The quantitative estimate of drug-likeness (QED) is 0.306. The molecule has 13 nitrogen and oxygen atoms in total. The molecule has 2 aromatic rings. The predicted molar refractivity (Wildman–Crippen MR) is 83.9 cm³/mol. The molecule has 2 aromatic carbocycles. The lowest BCUT2D eigenvalue weighted by Crippen LogP contribution is -2.06. The zero-order valence-corrected chi connectivity index (χ0v) is 12.8. The van der Waals surface area contributed by atoms with Crippen LogP contribution in [0.1, 0.15) is 15.9 Å². The molecule has 13 heteroatoms. The molecule has 3 rings (SSSR count). The summed E-state index contributed by atoms with van der Waals surface area (Å²) in [7, 11) is 0. The Morgan fingerprint density at radius 2 is 1.37 bits per heavy atom. The van der Waals surface area contributed by atoms with Crippen molar-refractivity contribution in [2.75, 3.05) is 0 Å². The van der Waals surface area contributed by atoms with Crippen molar-refractivity contribution in [3.05, 3.63) is 65.7 Å². The van der Waals surface area contributed by atoms with Gasteiger partial charge in [-0.2, -0.15) is 0 Å². The predicted octanol–water partition coefficient (Wildman–Crippen LogP) is 2.68. The van der Waals surface area contributed by atoms with E-state index in [9.17, 15) is 39.9 Å². The van der Waals surface area contributed by atoms with E-state index < -0.39 is 66.2 Å². The third kappa shape index (κ3) is 2.68. The number of non-ortho nitro benzene ring substituents is 2. The molecule has 0 heterocycles. The van der Waals surface area contributed by atoms with Gasteiger partial charge in [0.05, 0.1) is 32.5 Å². The fourth-order valence-electron chi connectivity index (χ4n) is 2.77. The van der Waals surface area contributed by atoms with Crippen molar-refractivity contribution in [3.8, 4) is 16.9 Å². The minimum atomic E-state index is -1.87. The van der Waals surface area contributed by atoms with Crippen LogP contribution >= 0.6 is 0 Å². The summed E-state index contributed by atoms with van der Waals surface area (Å²) in [5.74, 6) is -1.64. The summed E-state index contributed by atoms with van der Waals surface area (Å²) in [6, 6.07) is 2.87. The van der Waals surface area contributed by atoms with E-state index in [1.54, 1.807) is 0 Å². The lowest BCUT2D eigenvalue weighted by atomic mass is 10.0. The smallest absolute Gasteiger partial charge is 0.449 e. The van der Waals surface area contributed by atoms with E-state index in [0.717, 1.165) is 12.1 Å². The molecule has 136 valence electrons. The number of ether oxygens (including phenoxy) is 1. The number of nitro benzene ring substituents is 3. The normalized spacial score (nSPS) is 11.5. The molecule has 0 atom stereocenters. The second kappa shape index (κ2) is 5.83. The number of benzene rings is 2. The molecule has 0 radical (unpaired) electrons. The van der Waals surface area contributed by atoms with Gasteiger partial charge in [0, 0.05) is 28.8 Å². The van der Waals surface area contributed by atoms with Crippen molar-refractivity contribution in [3.63, 3.8) is 0 Å². The third-order valence-corrected chi connectivity index (χ3v) is 3.74. The first-order valence-electron chi connectivity index (χ1n) is 6.87. The fraction of sp³-hybridized carbons (Fsp3) is 0. The summed E-state index contributed by atoms with van der Waals surface area (Å²) in [5.41, 5.74) is -3.92.